The van der Waals surface area contributed by atoms with Crippen molar-refractivity contribution in [2.45, 2.75) is 51.1 Å². The minimum atomic E-state index is -1.26. The lowest BCUT2D eigenvalue weighted by Crippen LogP contribution is -2.57. The fourth-order valence-corrected chi connectivity index (χ4v) is 4.03. The predicted octanol–water partition coefficient (Wildman–Crippen LogP) is 2.79. The molecule has 2 atom stereocenters. The molecule has 0 radical (unpaired) electrons. The van der Waals surface area contributed by atoms with Crippen LogP contribution in [0.4, 0.5) is 9.59 Å². The van der Waals surface area contributed by atoms with Gasteiger partial charge in [-0.25, -0.2) is 14.5 Å². The zero-order valence-corrected chi connectivity index (χ0v) is 14.8. The number of hydrogen-bond donors (Lipinski definition) is 2. The van der Waals surface area contributed by atoms with Crippen LogP contribution in [0.2, 0.25) is 0 Å². The smallest absolute Gasteiger partial charge is 0.417 e. The summed E-state index contributed by atoms with van der Waals surface area (Å²) < 4.78 is 5.11. The Kier molecular flexibility index (Phi) is 5.15. The van der Waals surface area contributed by atoms with E-state index in [4.69, 9.17) is 4.74 Å². The number of hydrogen-bond acceptors (Lipinski definition) is 4. The molecule has 1 aliphatic heterocycles. The number of rotatable bonds is 5. The Balaban J connectivity index is 1.83. The number of amides is 3. The normalized spacial score (nSPS) is 22.7. The SMILES string of the molecule is CC1([C@H](NC(=O)O)C(=O)N2C(=O)OC[C@@H]2Cc2ccccc2)CCCC1. The van der Waals surface area contributed by atoms with Crippen LogP contribution in [-0.2, 0) is 16.0 Å². The Morgan fingerprint density at radius 1 is 1.31 bits per heavy atom. The molecule has 3 amide bonds. The van der Waals surface area contributed by atoms with E-state index in [9.17, 15) is 19.5 Å². The number of nitrogens with one attached hydrogen (secondary N) is 1. The first-order valence-electron chi connectivity index (χ1n) is 8.94. The predicted molar refractivity (Wildman–Crippen MR) is 93.7 cm³/mol. The highest BCUT2D eigenvalue weighted by molar-refractivity contribution is 5.98. The van der Waals surface area contributed by atoms with E-state index >= 15 is 0 Å². The average molecular weight is 360 g/mol. The number of cyclic esters (lactones) is 1. The standard InChI is InChI=1S/C19H24N2O5/c1-19(9-5-6-10-19)15(20-17(23)24)16(22)21-14(12-26-18(21)25)11-13-7-3-2-4-8-13/h2-4,7-8,14-15,20H,5-6,9-12H2,1H3,(H,23,24)/t14-,15+/m0/s1. The molecule has 1 heterocycles. The molecule has 140 valence electrons. The Morgan fingerprint density at radius 3 is 2.58 bits per heavy atom. The van der Waals surface area contributed by atoms with Crippen molar-refractivity contribution in [2.75, 3.05) is 6.61 Å². The Morgan fingerprint density at radius 2 is 1.96 bits per heavy atom. The average Bonchev–Trinajstić information content (AvgIpc) is 3.20. The summed E-state index contributed by atoms with van der Waals surface area (Å²) in [4.78, 5) is 37.8. The van der Waals surface area contributed by atoms with E-state index in [1.807, 2.05) is 37.3 Å². The van der Waals surface area contributed by atoms with Gasteiger partial charge in [-0.1, -0.05) is 50.1 Å². The van der Waals surface area contributed by atoms with E-state index in [-0.39, 0.29) is 6.61 Å². The van der Waals surface area contributed by atoms with Gasteiger partial charge in [-0.15, -0.1) is 0 Å². The highest BCUT2D eigenvalue weighted by atomic mass is 16.6. The van der Waals surface area contributed by atoms with Gasteiger partial charge in [-0.3, -0.25) is 4.79 Å². The van der Waals surface area contributed by atoms with Crippen LogP contribution < -0.4 is 5.32 Å². The van der Waals surface area contributed by atoms with Gasteiger partial charge in [0.2, 0.25) is 0 Å². The molecule has 1 saturated heterocycles. The maximum absolute atomic E-state index is 13.2. The Bertz CT molecular complexity index is 684. The molecule has 0 unspecified atom stereocenters. The number of carbonyl (C=O) groups excluding carboxylic acids is 2. The lowest BCUT2D eigenvalue weighted by molar-refractivity contribution is -0.134. The van der Waals surface area contributed by atoms with Crippen LogP contribution in [0.15, 0.2) is 30.3 Å². The Hall–Kier alpha value is -2.57. The quantitative estimate of drug-likeness (QED) is 0.842. The third-order valence-corrected chi connectivity index (χ3v) is 5.47. The summed E-state index contributed by atoms with van der Waals surface area (Å²) in [5.41, 5.74) is 0.499. The monoisotopic (exact) mass is 360 g/mol. The summed E-state index contributed by atoms with van der Waals surface area (Å²) in [6, 6.07) is 8.16. The second-order valence-corrected chi connectivity index (χ2v) is 7.37. The molecule has 7 heteroatoms. The molecule has 3 rings (SSSR count). The van der Waals surface area contributed by atoms with Crippen LogP contribution in [0, 0.1) is 5.41 Å². The molecular formula is C19H24N2O5. The van der Waals surface area contributed by atoms with E-state index in [0.29, 0.717) is 6.42 Å². The van der Waals surface area contributed by atoms with E-state index in [2.05, 4.69) is 5.32 Å². The highest BCUT2D eigenvalue weighted by Gasteiger charge is 2.48. The lowest BCUT2D eigenvalue weighted by Gasteiger charge is -2.35. The minimum Gasteiger partial charge on any atom is -0.465 e. The summed E-state index contributed by atoms with van der Waals surface area (Å²) in [6.45, 7) is 2.03. The molecule has 2 N–H and O–H groups in total. The van der Waals surface area contributed by atoms with Crippen LogP contribution in [0.25, 0.3) is 0 Å². The molecule has 1 saturated carbocycles. The number of carboxylic acid groups (broad SMARTS) is 1. The summed E-state index contributed by atoms with van der Waals surface area (Å²) in [5, 5.41) is 11.6. The first-order valence-corrected chi connectivity index (χ1v) is 8.94. The van der Waals surface area contributed by atoms with Crippen molar-refractivity contribution in [3.63, 3.8) is 0 Å². The van der Waals surface area contributed by atoms with Gasteiger partial charge in [-0.05, 0) is 30.2 Å². The molecular weight excluding hydrogens is 336 g/mol. The van der Waals surface area contributed by atoms with Crippen molar-refractivity contribution in [1.82, 2.24) is 10.2 Å². The van der Waals surface area contributed by atoms with Crippen molar-refractivity contribution in [1.29, 1.82) is 0 Å². The van der Waals surface area contributed by atoms with Gasteiger partial charge in [-0.2, -0.15) is 0 Å². The molecule has 0 aromatic heterocycles. The highest BCUT2D eigenvalue weighted by Crippen LogP contribution is 2.41. The largest absolute Gasteiger partial charge is 0.465 e. The second-order valence-electron chi connectivity index (χ2n) is 7.37. The van der Waals surface area contributed by atoms with E-state index in [1.54, 1.807) is 0 Å². The van der Waals surface area contributed by atoms with Gasteiger partial charge in [0.15, 0.2) is 0 Å². The molecule has 26 heavy (non-hydrogen) atoms. The zero-order valence-electron chi connectivity index (χ0n) is 14.8. The fraction of sp³-hybridized carbons (Fsp3) is 0.526. The number of imide groups is 1. The zero-order chi connectivity index (χ0) is 18.7. The third kappa shape index (κ3) is 3.66. The number of carbonyl (C=O) groups is 3. The van der Waals surface area contributed by atoms with E-state index < -0.39 is 35.6 Å². The van der Waals surface area contributed by atoms with Crippen LogP contribution in [0.1, 0.15) is 38.2 Å². The van der Waals surface area contributed by atoms with Crippen molar-refractivity contribution < 1.29 is 24.2 Å². The molecule has 1 aliphatic carbocycles. The van der Waals surface area contributed by atoms with Crippen molar-refractivity contribution >= 4 is 18.1 Å². The van der Waals surface area contributed by atoms with E-state index in [1.165, 1.54) is 0 Å². The van der Waals surface area contributed by atoms with Gasteiger partial charge in [0.25, 0.3) is 5.91 Å². The topological polar surface area (TPSA) is 95.9 Å². The molecule has 0 spiro atoms. The molecule has 2 aliphatic rings. The van der Waals surface area contributed by atoms with Gasteiger partial charge < -0.3 is 15.2 Å². The molecule has 1 aromatic carbocycles. The maximum atomic E-state index is 13.2. The molecule has 2 fully saturated rings. The fourth-order valence-electron chi connectivity index (χ4n) is 4.03. The first kappa shape index (κ1) is 18.2. The molecule has 1 aromatic rings. The Labute approximate surface area is 152 Å². The van der Waals surface area contributed by atoms with Crippen LogP contribution in [0.3, 0.4) is 0 Å². The lowest BCUT2D eigenvalue weighted by atomic mass is 9.79. The summed E-state index contributed by atoms with van der Waals surface area (Å²) >= 11 is 0. The maximum Gasteiger partial charge on any atom is 0.417 e. The van der Waals surface area contributed by atoms with Crippen LogP contribution >= 0.6 is 0 Å². The van der Waals surface area contributed by atoms with Gasteiger partial charge in [0.05, 0.1) is 6.04 Å². The second kappa shape index (κ2) is 7.35. The summed E-state index contributed by atoms with van der Waals surface area (Å²) in [6.07, 6.45) is 1.90. The van der Waals surface area contributed by atoms with Gasteiger partial charge in [0, 0.05) is 0 Å². The third-order valence-electron chi connectivity index (χ3n) is 5.47. The number of benzene rings is 1. The molecule has 7 nitrogen and oxygen atoms in total. The number of nitrogens with zero attached hydrogens (tertiary/aromatic N) is 1. The summed E-state index contributed by atoms with van der Waals surface area (Å²) in [5.74, 6) is -0.514. The van der Waals surface area contributed by atoms with Crippen LogP contribution in [-0.4, -0.2) is 46.8 Å². The summed E-state index contributed by atoms with van der Waals surface area (Å²) in [7, 11) is 0. The minimum absolute atomic E-state index is 0.121. The van der Waals surface area contributed by atoms with Gasteiger partial charge >= 0.3 is 12.2 Å². The van der Waals surface area contributed by atoms with Gasteiger partial charge in [0.1, 0.15) is 12.6 Å². The van der Waals surface area contributed by atoms with E-state index in [0.717, 1.165) is 36.1 Å². The van der Waals surface area contributed by atoms with Crippen molar-refractivity contribution in [2.24, 2.45) is 5.41 Å². The molecule has 0 bridgehead atoms. The first-order chi connectivity index (χ1) is 12.4. The van der Waals surface area contributed by atoms with Crippen molar-refractivity contribution in [3.05, 3.63) is 35.9 Å². The number of ether oxygens (including phenoxy) is 1. The van der Waals surface area contributed by atoms with Crippen LogP contribution in [0.5, 0.6) is 0 Å². The van der Waals surface area contributed by atoms with Crippen molar-refractivity contribution in [3.8, 4) is 0 Å².